The lowest BCUT2D eigenvalue weighted by molar-refractivity contribution is 0.204. The molecule has 0 heterocycles. The first-order valence-electron chi connectivity index (χ1n) is 3.93. The van der Waals surface area contributed by atoms with Crippen LogP contribution in [0.2, 0.25) is 0 Å². The highest BCUT2D eigenvalue weighted by Gasteiger charge is 1.90. The summed E-state index contributed by atoms with van der Waals surface area (Å²) in [5.74, 6) is 0. The first kappa shape index (κ1) is 10.6. The van der Waals surface area contributed by atoms with Crippen molar-refractivity contribution in [1.82, 2.24) is 5.32 Å². The molecule has 0 aliphatic carbocycles. The summed E-state index contributed by atoms with van der Waals surface area (Å²) in [4.78, 5) is 0. The van der Waals surface area contributed by atoms with E-state index in [4.69, 9.17) is 0 Å². The van der Waals surface area contributed by atoms with Crippen molar-refractivity contribution >= 4 is 0 Å². The van der Waals surface area contributed by atoms with Crippen molar-refractivity contribution < 1.29 is 8.78 Å². The molecule has 0 aromatic rings. The van der Waals surface area contributed by atoms with E-state index in [2.05, 4.69) is 12.2 Å². The fraction of sp³-hybridized carbons (Fsp3) is 0.750. The van der Waals surface area contributed by atoms with Crippen LogP contribution in [0.25, 0.3) is 0 Å². The van der Waals surface area contributed by atoms with Crippen LogP contribution in [0.5, 0.6) is 0 Å². The van der Waals surface area contributed by atoms with Crippen LogP contribution in [0, 0.1) is 0 Å². The highest BCUT2D eigenvalue weighted by molar-refractivity contribution is 4.84. The van der Waals surface area contributed by atoms with Gasteiger partial charge in [0.05, 0.1) is 0 Å². The molecule has 66 valence electrons. The Kier molecular flexibility index (Phi) is 7.36. The Labute approximate surface area is 66.5 Å². The second kappa shape index (κ2) is 7.66. The van der Waals surface area contributed by atoms with Gasteiger partial charge < -0.3 is 5.32 Å². The maximum atomic E-state index is 11.5. The van der Waals surface area contributed by atoms with E-state index in [9.17, 15) is 8.78 Å². The van der Waals surface area contributed by atoms with E-state index >= 15 is 0 Å². The minimum atomic E-state index is -2.30. The van der Waals surface area contributed by atoms with Gasteiger partial charge in [-0.1, -0.05) is 13.0 Å². The van der Waals surface area contributed by atoms with E-state index in [1.165, 1.54) is 6.08 Å². The smallest absolute Gasteiger partial charge is 0.257 e. The summed E-state index contributed by atoms with van der Waals surface area (Å²) in [6.07, 6.45) is 1.89. The molecule has 0 amide bonds. The maximum absolute atomic E-state index is 11.5. The molecule has 0 saturated carbocycles. The Bertz CT molecular complexity index is 102. The number of hydrogen-bond acceptors (Lipinski definition) is 1. The van der Waals surface area contributed by atoms with Gasteiger partial charge in [0.1, 0.15) is 0 Å². The van der Waals surface area contributed by atoms with Crippen molar-refractivity contribution in [2.45, 2.75) is 26.2 Å². The van der Waals surface area contributed by atoms with Crippen molar-refractivity contribution in [2.75, 3.05) is 13.1 Å². The van der Waals surface area contributed by atoms with Gasteiger partial charge in [0.15, 0.2) is 0 Å². The number of rotatable bonds is 6. The molecule has 0 aromatic carbocycles. The van der Waals surface area contributed by atoms with Crippen molar-refractivity contribution in [3.8, 4) is 0 Å². The number of alkyl halides is 2. The molecule has 0 unspecified atom stereocenters. The van der Waals surface area contributed by atoms with Gasteiger partial charge in [0, 0.05) is 0 Å². The van der Waals surface area contributed by atoms with Crippen LogP contribution in [0.1, 0.15) is 19.8 Å². The minimum Gasteiger partial charge on any atom is -0.316 e. The van der Waals surface area contributed by atoms with Gasteiger partial charge in [0.2, 0.25) is 0 Å². The van der Waals surface area contributed by atoms with Gasteiger partial charge >= 0.3 is 0 Å². The number of allylic oxidation sites excluding steroid dienone is 1. The van der Waals surface area contributed by atoms with Crippen LogP contribution in [0.15, 0.2) is 12.2 Å². The molecule has 3 heteroatoms. The lowest BCUT2D eigenvalue weighted by Crippen LogP contribution is -2.15. The standard InChI is InChI=1S/C8H15F2N/c1-2-6-11-7-4-3-5-8(9)10/h3,5,8,11H,2,4,6-7H2,1H3/b5-3+. The van der Waals surface area contributed by atoms with E-state index in [1.807, 2.05) is 0 Å². The second-order valence-electron chi connectivity index (χ2n) is 2.30. The Hall–Kier alpha value is -0.440. The zero-order chi connectivity index (χ0) is 8.53. The minimum absolute atomic E-state index is 0.685. The third-order valence-corrected chi connectivity index (χ3v) is 1.20. The maximum Gasteiger partial charge on any atom is 0.257 e. The summed E-state index contributed by atoms with van der Waals surface area (Å²) in [5.41, 5.74) is 0. The first-order chi connectivity index (χ1) is 5.27. The quantitative estimate of drug-likeness (QED) is 0.467. The third kappa shape index (κ3) is 9.56. The molecule has 11 heavy (non-hydrogen) atoms. The Balaban J connectivity index is 3.01. The Morgan fingerprint density at radius 2 is 2.09 bits per heavy atom. The summed E-state index contributed by atoms with van der Waals surface area (Å²) >= 11 is 0. The van der Waals surface area contributed by atoms with Crippen molar-refractivity contribution in [1.29, 1.82) is 0 Å². The number of nitrogens with one attached hydrogen (secondary N) is 1. The summed E-state index contributed by atoms with van der Waals surface area (Å²) in [6.45, 7) is 3.82. The van der Waals surface area contributed by atoms with E-state index in [-0.39, 0.29) is 0 Å². The summed E-state index contributed by atoms with van der Waals surface area (Å²) in [5, 5.41) is 3.11. The molecule has 0 aliphatic rings. The molecule has 0 aliphatic heterocycles. The summed E-state index contributed by atoms with van der Waals surface area (Å²) in [6, 6.07) is 0. The van der Waals surface area contributed by atoms with E-state index in [1.54, 1.807) is 0 Å². The monoisotopic (exact) mass is 163 g/mol. The molecule has 0 aromatic heterocycles. The van der Waals surface area contributed by atoms with Crippen molar-refractivity contribution in [2.24, 2.45) is 0 Å². The van der Waals surface area contributed by atoms with Crippen molar-refractivity contribution in [3.63, 3.8) is 0 Å². The molecule has 1 nitrogen and oxygen atoms in total. The molecule has 0 atom stereocenters. The molecule has 0 bridgehead atoms. The van der Waals surface area contributed by atoms with Gasteiger partial charge in [-0.2, -0.15) is 0 Å². The highest BCUT2D eigenvalue weighted by Crippen LogP contribution is 1.94. The highest BCUT2D eigenvalue weighted by atomic mass is 19.3. The van der Waals surface area contributed by atoms with Gasteiger partial charge in [-0.15, -0.1) is 0 Å². The van der Waals surface area contributed by atoms with E-state index < -0.39 is 6.43 Å². The van der Waals surface area contributed by atoms with Crippen LogP contribution >= 0.6 is 0 Å². The molecule has 0 rings (SSSR count). The second-order valence-corrected chi connectivity index (χ2v) is 2.30. The van der Waals surface area contributed by atoms with Gasteiger partial charge in [-0.3, -0.25) is 0 Å². The summed E-state index contributed by atoms with van der Waals surface area (Å²) in [7, 11) is 0. The Morgan fingerprint density at radius 1 is 1.36 bits per heavy atom. The number of hydrogen-bond donors (Lipinski definition) is 1. The third-order valence-electron chi connectivity index (χ3n) is 1.20. The van der Waals surface area contributed by atoms with Crippen LogP contribution in [-0.2, 0) is 0 Å². The van der Waals surface area contributed by atoms with Gasteiger partial charge in [-0.25, -0.2) is 8.78 Å². The fourth-order valence-electron chi connectivity index (χ4n) is 0.686. The topological polar surface area (TPSA) is 12.0 Å². The molecule has 0 saturated heterocycles. The average Bonchev–Trinajstić information content (AvgIpc) is 1.96. The zero-order valence-electron chi connectivity index (χ0n) is 6.82. The SMILES string of the molecule is CCCNCC/C=C/C(F)F. The number of halogens is 2. The zero-order valence-corrected chi connectivity index (χ0v) is 6.82. The van der Waals surface area contributed by atoms with Crippen LogP contribution in [-0.4, -0.2) is 19.5 Å². The fourth-order valence-corrected chi connectivity index (χ4v) is 0.686. The lowest BCUT2D eigenvalue weighted by Gasteiger charge is -1.97. The normalized spacial score (nSPS) is 11.6. The van der Waals surface area contributed by atoms with Gasteiger partial charge in [-0.05, 0) is 32.0 Å². The largest absolute Gasteiger partial charge is 0.316 e. The molecular weight excluding hydrogens is 148 g/mol. The van der Waals surface area contributed by atoms with Crippen LogP contribution in [0.4, 0.5) is 8.78 Å². The van der Waals surface area contributed by atoms with Crippen LogP contribution in [0.3, 0.4) is 0 Å². The predicted octanol–water partition coefficient (Wildman–Crippen LogP) is 2.20. The lowest BCUT2D eigenvalue weighted by atomic mass is 10.3. The van der Waals surface area contributed by atoms with Gasteiger partial charge in [0.25, 0.3) is 6.43 Å². The molecule has 0 radical (unpaired) electrons. The summed E-state index contributed by atoms with van der Waals surface area (Å²) < 4.78 is 23.0. The molecule has 0 fully saturated rings. The van der Waals surface area contributed by atoms with Crippen molar-refractivity contribution in [3.05, 3.63) is 12.2 Å². The molecule has 1 N–H and O–H groups in total. The van der Waals surface area contributed by atoms with E-state index in [0.717, 1.165) is 25.6 Å². The molecule has 0 spiro atoms. The first-order valence-corrected chi connectivity index (χ1v) is 3.93. The van der Waals surface area contributed by atoms with Crippen LogP contribution < -0.4 is 5.32 Å². The van der Waals surface area contributed by atoms with E-state index in [0.29, 0.717) is 6.42 Å². The average molecular weight is 163 g/mol. The molecular formula is C8H15F2N. The Morgan fingerprint density at radius 3 is 2.64 bits per heavy atom. The predicted molar refractivity (Wildman–Crippen MR) is 42.9 cm³/mol.